The summed E-state index contributed by atoms with van der Waals surface area (Å²) >= 11 is 0. The van der Waals surface area contributed by atoms with Gasteiger partial charge in [-0.1, -0.05) is 0 Å². The third-order valence-corrected chi connectivity index (χ3v) is 5.41. The summed E-state index contributed by atoms with van der Waals surface area (Å²) in [5.41, 5.74) is 0. The van der Waals surface area contributed by atoms with Crippen LogP contribution < -0.4 is 5.32 Å². The van der Waals surface area contributed by atoms with E-state index >= 15 is 0 Å². The van der Waals surface area contributed by atoms with Crippen LogP contribution in [0, 0.1) is 5.92 Å². The van der Waals surface area contributed by atoms with Crippen molar-refractivity contribution >= 4 is 6.03 Å². The van der Waals surface area contributed by atoms with E-state index in [-0.39, 0.29) is 18.2 Å². The van der Waals surface area contributed by atoms with Crippen molar-refractivity contribution in [1.29, 1.82) is 0 Å². The molecule has 3 rings (SSSR count). The smallest absolute Gasteiger partial charge is 0.317 e. The second-order valence-corrected chi connectivity index (χ2v) is 7.03. The summed E-state index contributed by atoms with van der Waals surface area (Å²) in [4.78, 5) is 16.7. The van der Waals surface area contributed by atoms with Crippen molar-refractivity contribution in [3.05, 3.63) is 24.2 Å². The third kappa shape index (κ3) is 4.11. The van der Waals surface area contributed by atoms with Crippen molar-refractivity contribution in [2.45, 2.75) is 44.8 Å². The van der Waals surface area contributed by atoms with Crippen molar-refractivity contribution in [3.8, 4) is 0 Å². The molecule has 24 heavy (non-hydrogen) atoms. The molecular formula is C18H29N3O3. The first-order valence-corrected chi connectivity index (χ1v) is 9.13. The molecule has 6 heteroatoms. The molecule has 0 radical (unpaired) electrons. The quantitative estimate of drug-likeness (QED) is 0.866. The van der Waals surface area contributed by atoms with Crippen molar-refractivity contribution in [3.63, 3.8) is 0 Å². The van der Waals surface area contributed by atoms with E-state index in [1.54, 1.807) is 6.26 Å². The number of carbonyl (C=O) groups excluding carboxylic acids is 1. The molecule has 134 valence electrons. The van der Waals surface area contributed by atoms with Gasteiger partial charge in [-0.05, 0) is 63.7 Å². The van der Waals surface area contributed by atoms with Gasteiger partial charge in [0.15, 0.2) is 0 Å². The van der Waals surface area contributed by atoms with Crippen LogP contribution in [0.4, 0.5) is 4.79 Å². The van der Waals surface area contributed by atoms with Gasteiger partial charge in [0.1, 0.15) is 5.76 Å². The number of carbonyl (C=O) groups is 1. The molecule has 2 unspecified atom stereocenters. The second-order valence-electron chi connectivity index (χ2n) is 7.03. The van der Waals surface area contributed by atoms with E-state index in [4.69, 9.17) is 4.42 Å². The number of amides is 2. The molecule has 3 heterocycles. The zero-order valence-electron chi connectivity index (χ0n) is 14.5. The number of hydrogen-bond donors (Lipinski definition) is 2. The average molecular weight is 335 g/mol. The lowest BCUT2D eigenvalue weighted by Gasteiger charge is -2.34. The van der Waals surface area contributed by atoms with Crippen molar-refractivity contribution in [2.24, 2.45) is 5.92 Å². The molecule has 0 spiro atoms. The maximum Gasteiger partial charge on any atom is 0.317 e. The Kier molecular flexibility index (Phi) is 5.79. The topological polar surface area (TPSA) is 69.0 Å². The molecule has 2 aliphatic rings. The van der Waals surface area contributed by atoms with E-state index in [0.717, 1.165) is 44.8 Å². The lowest BCUT2D eigenvalue weighted by atomic mass is 9.92. The van der Waals surface area contributed by atoms with Crippen LogP contribution >= 0.6 is 0 Å². The molecule has 2 atom stereocenters. The van der Waals surface area contributed by atoms with Crippen molar-refractivity contribution < 1.29 is 14.3 Å². The molecule has 6 nitrogen and oxygen atoms in total. The number of nitrogens with zero attached hydrogens (tertiary/aromatic N) is 2. The van der Waals surface area contributed by atoms with Gasteiger partial charge in [-0.15, -0.1) is 0 Å². The van der Waals surface area contributed by atoms with Crippen molar-refractivity contribution in [2.75, 3.05) is 32.7 Å². The highest BCUT2D eigenvalue weighted by Crippen LogP contribution is 2.25. The Morgan fingerprint density at radius 2 is 2.04 bits per heavy atom. The molecule has 0 aliphatic carbocycles. The molecule has 2 fully saturated rings. The first-order chi connectivity index (χ1) is 11.6. The van der Waals surface area contributed by atoms with E-state index in [9.17, 15) is 9.90 Å². The molecular weight excluding hydrogens is 306 g/mol. The van der Waals surface area contributed by atoms with Crippen LogP contribution in [0.2, 0.25) is 0 Å². The Hall–Kier alpha value is -1.53. The Balaban J connectivity index is 1.52. The largest absolute Gasteiger partial charge is 0.468 e. The van der Waals surface area contributed by atoms with Gasteiger partial charge in [0.25, 0.3) is 0 Å². The fraction of sp³-hybridized carbons (Fsp3) is 0.722. The van der Waals surface area contributed by atoms with Crippen LogP contribution in [-0.4, -0.2) is 59.8 Å². The molecule has 2 N–H and O–H groups in total. The second kappa shape index (κ2) is 8.03. The average Bonchev–Trinajstić information content (AvgIpc) is 3.29. The van der Waals surface area contributed by atoms with Gasteiger partial charge in [-0.3, -0.25) is 4.90 Å². The summed E-state index contributed by atoms with van der Waals surface area (Å²) in [7, 11) is 0. The number of piperidine rings is 1. The summed E-state index contributed by atoms with van der Waals surface area (Å²) in [6.07, 6.45) is 5.57. The molecule has 1 aromatic heterocycles. The number of urea groups is 1. The van der Waals surface area contributed by atoms with Crippen LogP contribution in [0.1, 0.15) is 44.4 Å². The fourth-order valence-corrected chi connectivity index (χ4v) is 3.82. The predicted octanol–water partition coefficient (Wildman–Crippen LogP) is 2.22. The Labute approximate surface area is 143 Å². The summed E-state index contributed by atoms with van der Waals surface area (Å²) in [6.45, 7) is 5.96. The van der Waals surface area contributed by atoms with E-state index in [1.807, 2.05) is 24.0 Å². The highest BCUT2D eigenvalue weighted by Gasteiger charge is 2.28. The van der Waals surface area contributed by atoms with Gasteiger partial charge in [-0.25, -0.2) is 4.79 Å². The molecule has 2 aliphatic heterocycles. The SMILES string of the molecule is CC(O)C1CCN(C(=O)NCC(c2ccco2)N2CCCC2)CC1. The van der Waals surface area contributed by atoms with Crippen LogP contribution in [0.25, 0.3) is 0 Å². The van der Waals surface area contributed by atoms with Crippen molar-refractivity contribution in [1.82, 2.24) is 15.1 Å². The van der Waals surface area contributed by atoms with Gasteiger partial charge >= 0.3 is 6.03 Å². The first kappa shape index (κ1) is 17.3. The Bertz CT molecular complexity index is 504. The summed E-state index contributed by atoms with van der Waals surface area (Å²) in [5.74, 6) is 1.24. The van der Waals surface area contributed by atoms with E-state index in [1.165, 1.54) is 12.8 Å². The molecule has 2 amide bonds. The van der Waals surface area contributed by atoms with Crippen LogP contribution in [0.15, 0.2) is 22.8 Å². The number of aliphatic hydroxyl groups is 1. The first-order valence-electron chi connectivity index (χ1n) is 9.13. The predicted molar refractivity (Wildman–Crippen MR) is 91.6 cm³/mol. The van der Waals surface area contributed by atoms with Crippen LogP contribution in [-0.2, 0) is 0 Å². The van der Waals surface area contributed by atoms with Gasteiger partial charge < -0.3 is 19.7 Å². The summed E-state index contributed by atoms with van der Waals surface area (Å²) < 4.78 is 5.59. The van der Waals surface area contributed by atoms with Gasteiger partial charge in [0.05, 0.1) is 18.4 Å². The zero-order chi connectivity index (χ0) is 16.9. The van der Waals surface area contributed by atoms with Crippen LogP contribution in [0.3, 0.4) is 0 Å². The fourth-order valence-electron chi connectivity index (χ4n) is 3.82. The number of nitrogens with one attached hydrogen (secondary N) is 1. The molecule has 0 bridgehead atoms. The maximum absolute atomic E-state index is 12.5. The molecule has 0 aromatic carbocycles. The lowest BCUT2D eigenvalue weighted by Crippen LogP contribution is -2.47. The Morgan fingerprint density at radius 1 is 1.33 bits per heavy atom. The summed E-state index contributed by atoms with van der Waals surface area (Å²) in [5, 5.41) is 12.8. The lowest BCUT2D eigenvalue weighted by molar-refractivity contribution is 0.0793. The highest BCUT2D eigenvalue weighted by atomic mass is 16.3. The van der Waals surface area contributed by atoms with E-state index < -0.39 is 0 Å². The van der Waals surface area contributed by atoms with E-state index in [0.29, 0.717) is 12.5 Å². The van der Waals surface area contributed by atoms with Gasteiger partial charge in [0.2, 0.25) is 0 Å². The number of hydrogen-bond acceptors (Lipinski definition) is 4. The zero-order valence-corrected chi connectivity index (χ0v) is 14.5. The Morgan fingerprint density at radius 3 is 2.62 bits per heavy atom. The summed E-state index contributed by atoms with van der Waals surface area (Å²) in [6, 6.07) is 4.00. The molecule has 1 aromatic rings. The maximum atomic E-state index is 12.5. The van der Waals surface area contributed by atoms with Gasteiger partial charge in [0, 0.05) is 19.6 Å². The molecule has 2 saturated heterocycles. The highest BCUT2D eigenvalue weighted by molar-refractivity contribution is 5.74. The van der Waals surface area contributed by atoms with Gasteiger partial charge in [-0.2, -0.15) is 0 Å². The third-order valence-electron chi connectivity index (χ3n) is 5.41. The number of aliphatic hydroxyl groups excluding tert-OH is 1. The minimum absolute atomic E-state index is 0.00482. The van der Waals surface area contributed by atoms with Crippen LogP contribution in [0.5, 0.6) is 0 Å². The number of likely N-dealkylation sites (tertiary alicyclic amines) is 2. The standard InChI is InChI=1S/C18H29N3O3/c1-14(22)15-6-10-21(11-7-15)18(23)19-13-16(17-5-4-12-24-17)20-8-2-3-9-20/h4-5,12,14-16,22H,2-3,6-11,13H2,1H3,(H,19,23). The normalized spacial score (nSPS) is 22.5. The van der Waals surface area contributed by atoms with E-state index in [2.05, 4.69) is 10.2 Å². The molecule has 0 saturated carbocycles. The monoisotopic (exact) mass is 335 g/mol. The number of furan rings is 1. The minimum atomic E-state index is -0.284. The minimum Gasteiger partial charge on any atom is -0.468 e. The number of rotatable bonds is 5.